The van der Waals surface area contributed by atoms with Gasteiger partial charge in [0.05, 0.1) is 36.8 Å². The Kier molecular flexibility index (Phi) is 3.87. The fourth-order valence-electron chi connectivity index (χ4n) is 5.24. The van der Waals surface area contributed by atoms with E-state index in [1.807, 2.05) is 24.7 Å². The molecule has 2 aliphatic rings. The number of aliphatic hydroxyl groups excluding tert-OH is 1. The van der Waals surface area contributed by atoms with E-state index in [0.29, 0.717) is 18.1 Å². The quantitative estimate of drug-likeness (QED) is 0.657. The van der Waals surface area contributed by atoms with Gasteiger partial charge in [-0.1, -0.05) is 18.9 Å². The van der Waals surface area contributed by atoms with Crippen molar-refractivity contribution in [2.75, 3.05) is 0 Å². The molecule has 3 aromatic rings. The Morgan fingerprint density at radius 2 is 2.13 bits per heavy atom. The average Bonchev–Trinajstić information content (AvgIpc) is 3.42. The van der Waals surface area contributed by atoms with Gasteiger partial charge in [-0.2, -0.15) is 9.90 Å². The number of rotatable bonds is 2. The first-order valence-electron chi connectivity index (χ1n) is 9.98. The molecular formula is C20H23N9O. The summed E-state index contributed by atoms with van der Waals surface area (Å²) in [6.45, 7) is 11.7. The van der Waals surface area contributed by atoms with Crippen LogP contribution in [0.15, 0.2) is 23.8 Å². The molecule has 0 aliphatic heterocycles. The summed E-state index contributed by atoms with van der Waals surface area (Å²) in [6.07, 6.45) is 5.84. The lowest BCUT2D eigenvalue weighted by molar-refractivity contribution is 0.135. The van der Waals surface area contributed by atoms with Crippen LogP contribution in [0.3, 0.4) is 0 Å². The van der Waals surface area contributed by atoms with Crippen molar-refractivity contribution in [3.63, 3.8) is 0 Å². The Labute approximate surface area is 173 Å². The summed E-state index contributed by atoms with van der Waals surface area (Å²) in [6, 6.07) is 0. The summed E-state index contributed by atoms with van der Waals surface area (Å²) in [5.41, 5.74) is 2.93. The van der Waals surface area contributed by atoms with Crippen LogP contribution in [0.25, 0.3) is 22.2 Å². The Morgan fingerprint density at radius 3 is 2.77 bits per heavy atom. The van der Waals surface area contributed by atoms with Gasteiger partial charge in [-0.05, 0) is 30.4 Å². The standard InChI is InChI=1S/C20H23N9O/c1-11-13-6-7-15-17(20(13,2)8-14(21-3)16(11)30)23-18(12-9-22-27(4)10-12)29(15)19-24-26-28(5)25-19/h9-11,13,30H,6-8H2,1-2,4-5H3/t11-,13-,20-/m0/s1. The molecule has 0 amide bonds. The third kappa shape index (κ3) is 2.44. The molecule has 10 heteroatoms. The van der Waals surface area contributed by atoms with E-state index in [1.54, 1.807) is 17.9 Å². The van der Waals surface area contributed by atoms with Gasteiger partial charge in [-0.15, -0.1) is 5.10 Å². The van der Waals surface area contributed by atoms with Crippen LogP contribution in [-0.4, -0.2) is 44.6 Å². The minimum atomic E-state index is -0.358. The number of tetrazole rings is 1. The Balaban J connectivity index is 1.76. The van der Waals surface area contributed by atoms with Crippen molar-refractivity contribution in [2.45, 2.75) is 38.5 Å². The number of aromatic nitrogens is 8. The smallest absolute Gasteiger partial charge is 0.276 e. The molecule has 3 aromatic heterocycles. The first-order valence-corrected chi connectivity index (χ1v) is 9.98. The molecule has 3 heterocycles. The van der Waals surface area contributed by atoms with Crippen molar-refractivity contribution >= 4 is 0 Å². The van der Waals surface area contributed by atoms with E-state index in [4.69, 9.17) is 11.6 Å². The summed E-state index contributed by atoms with van der Waals surface area (Å²) >= 11 is 0. The lowest BCUT2D eigenvalue weighted by Gasteiger charge is -2.46. The van der Waals surface area contributed by atoms with Crippen LogP contribution >= 0.6 is 0 Å². The van der Waals surface area contributed by atoms with Gasteiger partial charge in [-0.3, -0.25) is 9.25 Å². The largest absolute Gasteiger partial charge is 0.523 e. The van der Waals surface area contributed by atoms with E-state index in [2.05, 4.69) is 32.3 Å². The fourth-order valence-corrected chi connectivity index (χ4v) is 5.24. The summed E-state index contributed by atoms with van der Waals surface area (Å²) in [4.78, 5) is 10.2. The highest BCUT2D eigenvalue weighted by molar-refractivity contribution is 5.59. The molecule has 5 rings (SSSR count). The topological polar surface area (TPSA) is 104 Å². The molecule has 0 saturated heterocycles. The van der Waals surface area contributed by atoms with Crippen LogP contribution < -0.4 is 0 Å². The molecule has 30 heavy (non-hydrogen) atoms. The number of hydrogen-bond acceptors (Lipinski definition) is 6. The first-order chi connectivity index (χ1) is 14.3. The van der Waals surface area contributed by atoms with E-state index in [1.165, 1.54) is 4.80 Å². The molecule has 0 saturated carbocycles. The molecule has 0 bridgehead atoms. The fraction of sp³-hybridized carbons (Fsp3) is 0.500. The number of hydrogen-bond donors (Lipinski definition) is 1. The monoisotopic (exact) mass is 405 g/mol. The van der Waals surface area contributed by atoms with Crippen LogP contribution in [-0.2, 0) is 25.9 Å². The normalized spacial score (nSPS) is 25.7. The second kappa shape index (κ2) is 6.26. The van der Waals surface area contributed by atoms with Crippen molar-refractivity contribution in [1.29, 1.82) is 0 Å². The maximum atomic E-state index is 10.6. The molecule has 10 nitrogen and oxygen atoms in total. The zero-order valence-corrected chi connectivity index (χ0v) is 17.4. The molecule has 0 fully saturated rings. The molecule has 154 valence electrons. The Bertz CT molecular complexity index is 1220. The summed E-state index contributed by atoms with van der Waals surface area (Å²) in [5, 5.41) is 27.6. The molecule has 1 N–H and O–H groups in total. The van der Waals surface area contributed by atoms with E-state index in [0.717, 1.165) is 35.6 Å². The minimum absolute atomic E-state index is 0.0809. The van der Waals surface area contributed by atoms with Crippen molar-refractivity contribution in [2.24, 2.45) is 25.9 Å². The third-order valence-electron chi connectivity index (χ3n) is 6.69. The van der Waals surface area contributed by atoms with E-state index in [9.17, 15) is 5.11 Å². The minimum Gasteiger partial charge on any atom is -0.523 e. The Morgan fingerprint density at radius 1 is 1.33 bits per heavy atom. The van der Waals surface area contributed by atoms with Crippen LogP contribution in [0.4, 0.5) is 0 Å². The number of fused-ring (bicyclic) bond motifs is 3. The highest BCUT2D eigenvalue weighted by Gasteiger charge is 2.51. The highest BCUT2D eigenvalue weighted by Crippen LogP contribution is 2.54. The number of aliphatic hydroxyl groups is 1. The molecule has 3 atom stereocenters. The van der Waals surface area contributed by atoms with E-state index in [-0.39, 0.29) is 23.0 Å². The Hall–Kier alpha value is -3.48. The van der Waals surface area contributed by atoms with Crippen LogP contribution in [0, 0.1) is 18.4 Å². The average molecular weight is 405 g/mol. The molecular weight excluding hydrogens is 382 g/mol. The summed E-state index contributed by atoms with van der Waals surface area (Å²) in [5.74, 6) is 1.55. The van der Waals surface area contributed by atoms with Gasteiger partial charge >= 0.3 is 0 Å². The first kappa shape index (κ1) is 18.5. The summed E-state index contributed by atoms with van der Waals surface area (Å²) in [7, 11) is 3.60. The highest BCUT2D eigenvalue weighted by atomic mass is 16.3. The van der Waals surface area contributed by atoms with Crippen molar-refractivity contribution in [3.8, 4) is 17.3 Å². The maximum absolute atomic E-state index is 10.6. The molecule has 0 radical (unpaired) electrons. The molecule has 0 aromatic carbocycles. The van der Waals surface area contributed by atoms with Gasteiger partial charge in [0.1, 0.15) is 0 Å². The van der Waals surface area contributed by atoms with Gasteiger partial charge in [-0.25, -0.2) is 9.83 Å². The number of allylic oxidation sites excluding steroid dienone is 2. The zero-order chi connectivity index (χ0) is 21.2. The second-order valence-corrected chi connectivity index (χ2v) is 8.52. The molecule has 0 spiro atoms. The third-order valence-corrected chi connectivity index (χ3v) is 6.69. The van der Waals surface area contributed by atoms with Crippen LogP contribution in [0.2, 0.25) is 0 Å². The van der Waals surface area contributed by atoms with Crippen molar-refractivity contribution in [3.05, 3.63) is 46.7 Å². The van der Waals surface area contributed by atoms with Crippen molar-refractivity contribution < 1.29 is 5.11 Å². The number of nitrogens with zero attached hydrogens (tertiary/aromatic N) is 9. The number of aryl methyl sites for hydroxylation is 2. The number of imidazole rings is 1. The van der Waals surface area contributed by atoms with Gasteiger partial charge in [0.25, 0.3) is 5.95 Å². The van der Waals surface area contributed by atoms with E-state index < -0.39 is 0 Å². The predicted molar refractivity (Wildman–Crippen MR) is 107 cm³/mol. The maximum Gasteiger partial charge on any atom is 0.276 e. The molecule has 2 aliphatic carbocycles. The van der Waals surface area contributed by atoms with Gasteiger partial charge < -0.3 is 5.11 Å². The lowest BCUT2D eigenvalue weighted by Crippen LogP contribution is -2.44. The second-order valence-electron chi connectivity index (χ2n) is 8.52. The van der Waals surface area contributed by atoms with Crippen LogP contribution in [0.1, 0.15) is 38.1 Å². The molecule has 0 unspecified atom stereocenters. The zero-order valence-electron chi connectivity index (χ0n) is 17.4. The van der Waals surface area contributed by atoms with E-state index >= 15 is 0 Å². The predicted octanol–water partition coefficient (Wildman–Crippen LogP) is 2.35. The SMILES string of the molecule is [C-]#[N+]C1=C(O)[C@@H](C)[C@@H]2CCc3c(nc(-c4cnn(C)c4)n3-c3nnn(C)n3)[C@@]2(C)C1. The van der Waals surface area contributed by atoms with Gasteiger partial charge in [0.15, 0.2) is 5.82 Å². The van der Waals surface area contributed by atoms with Gasteiger partial charge in [0.2, 0.25) is 5.70 Å². The van der Waals surface area contributed by atoms with Gasteiger partial charge in [0, 0.05) is 30.3 Å². The van der Waals surface area contributed by atoms with Crippen molar-refractivity contribution in [1.82, 2.24) is 39.5 Å². The van der Waals surface area contributed by atoms with Crippen LogP contribution in [0.5, 0.6) is 0 Å². The summed E-state index contributed by atoms with van der Waals surface area (Å²) < 4.78 is 3.71. The lowest BCUT2D eigenvalue weighted by atomic mass is 9.58.